The number of imidazole rings is 1. The van der Waals surface area contributed by atoms with Crippen molar-refractivity contribution < 1.29 is 14.6 Å². The van der Waals surface area contributed by atoms with Crippen molar-refractivity contribution in [2.45, 2.75) is 38.1 Å². The molecule has 9 heteroatoms. The molecular weight excluding hydrogens is 360 g/mol. The van der Waals surface area contributed by atoms with Gasteiger partial charge in [-0.1, -0.05) is 19.3 Å². The molecule has 1 amide bonds. The summed E-state index contributed by atoms with van der Waals surface area (Å²) in [6.07, 6.45) is 12.5. The summed E-state index contributed by atoms with van der Waals surface area (Å²) in [6, 6.07) is 2.13. The molecule has 0 radical (unpaired) electrons. The molecule has 9 nitrogen and oxygen atoms in total. The number of carbonyl (C=O) groups excluding carboxylic acids is 1. The van der Waals surface area contributed by atoms with Crippen LogP contribution >= 0.6 is 0 Å². The van der Waals surface area contributed by atoms with Gasteiger partial charge >= 0.3 is 0 Å². The van der Waals surface area contributed by atoms with Crippen LogP contribution in [0.3, 0.4) is 0 Å². The number of fused-ring (bicyclic) bond motifs is 1. The average Bonchev–Trinajstić information content (AvgIpc) is 3.41. The number of rotatable bonds is 5. The first-order valence-corrected chi connectivity index (χ1v) is 9.46. The SMILES string of the molecule is COCCO.O=C(NC1CCCCC1)c1nc(-n2ccnc2)cc2cn[nH]c12. The highest BCUT2D eigenvalue weighted by Gasteiger charge is 2.20. The number of aromatic nitrogens is 5. The summed E-state index contributed by atoms with van der Waals surface area (Å²) in [5, 5.41) is 18.8. The maximum Gasteiger partial charge on any atom is 0.272 e. The molecule has 0 bridgehead atoms. The van der Waals surface area contributed by atoms with Crippen LogP contribution in [0.5, 0.6) is 0 Å². The van der Waals surface area contributed by atoms with Gasteiger partial charge in [0.2, 0.25) is 0 Å². The van der Waals surface area contributed by atoms with Gasteiger partial charge in [0.1, 0.15) is 12.1 Å². The second-order valence-electron chi connectivity index (χ2n) is 6.66. The molecule has 3 aromatic rings. The molecule has 0 aliphatic heterocycles. The third kappa shape index (κ3) is 4.93. The monoisotopic (exact) mass is 386 g/mol. The summed E-state index contributed by atoms with van der Waals surface area (Å²) in [7, 11) is 1.55. The van der Waals surface area contributed by atoms with E-state index in [4.69, 9.17) is 5.11 Å². The van der Waals surface area contributed by atoms with E-state index < -0.39 is 0 Å². The molecule has 0 saturated heterocycles. The zero-order valence-electron chi connectivity index (χ0n) is 16.0. The Labute approximate surface area is 163 Å². The van der Waals surface area contributed by atoms with E-state index >= 15 is 0 Å². The minimum Gasteiger partial charge on any atom is -0.394 e. The van der Waals surface area contributed by atoms with Crippen molar-refractivity contribution in [3.8, 4) is 5.82 Å². The number of pyridine rings is 1. The minimum absolute atomic E-state index is 0.122. The number of ether oxygens (including phenoxy) is 1. The smallest absolute Gasteiger partial charge is 0.272 e. The number of aliphatic hydroxyl groups is 1. The minimum atomic E-state index is -0.145. The fraction of sp³-hybridized carbons (Fsp3) is 0.474. The third-order valence-electron chi connectivity index (χ3n) is 4.64. The van der Waals surface area contributed by atoms with Crippen molar-refractivity contribution in [2.24, 2.45) is 0 Å². The Kier molecular flexibility index (Phi) is 7.10. The Balaban J connectivity index is 0.000000403. The Morgan fingerprint density at radius 2 is 2.21 bits per heavy atom. The maximum absolute atomic E-state index is 12.7. The number of hydrogen-bond acceptors (Lipinski definition) is 6. The van der Waals surface area contributed by atoms with Crippen molar-refractivity contribution in [3.63, 3.8) is 0 Å². The quantitative estimate of drug-likeness (QED) is 0.616. The maximum atomic E-state index is 12.7. The van der Waals surface area contributed by atoms with E-state index in [9.17, 15) is 4.79 Å². The highest BCUT2D eigenvalue weighted by atomic mass is 16.5. The lowest BCUT2D eigenvalue weighted by Gasteiger charge is -2.22. The number of aliphatic hydroxyl groups excluding tert-OH is 1. The summed E-state index contributed by atoms with van der Waals surface area (Å²) in [6.45, 7) is 0.566. The molecule has 3 heterocycles. The zero-order chi connectivity index (χ0) is 19.8. The Morgan fingerprint density at radius 3 is 2.86 bits per heavy atom. The zero-order valence-corrected chi connectivity index (χ0v) is 16.0. The van der Waals surface area contributed by atoms with Gasteiger partial charge in [0, 0.05) is 30.9 Å². The summed E-state index contributed by atoms with van der Waals surface area (Å²) in [5.74, 6) is 0.512. The van der Waals surface area contributed by atoms with Gasteiger partial charge in [-0.2, -0.15) is 5.10 Å². The number of H-pyrrole nitrogens is 1. The van der Waals surface area contributed by atoms with Crippen molar-refractivity contribution in [1.82, 2.24) is 30.0 Å². The topological polar surface area (TPSA) is 118 Å². The van der Waals surface area contributed by atoms with E-state index in [1.807, 2.05) is 6.07 Å². The molecule has 0 aromatic carbocycles. The predicted molar refractivity (Wildman–Crippen MR) is 104 cm³/mol. The first-order chi connectivity index (χ1) is 13.7. The van der Waals surface area contributed by atoms with Crippen molar-refractivity contribution in [3.05, 3.63) is 36.7 Å². The van der Waals surface area contributed by atoms with Crippen LogP contribution in [0, 0.1) is 0 Å². The highest BCUT2D eigenvalue weighted by Crippen LogP contribution is 2.21. The summed E-state index contributed by atoms with van der Waals surface area (Å²) in [4.78, 5) is 21.3. The lowest BCUT2D eigenvalue weighted by Crippen LogP contribution is -2.36. The number of methoxy groups -OCH3 is 1. The van der Waals surface area contributed by atoms with E-state index in [0.717, 1.165) is 18.2 Å². The van der Waals surface area contributed by atoms with Gasteiger partial charge in [-0.25, -0.2) is 9.97 Å². The largest absolute Gasteiger partial charge is 0.394 e. The van der Waals surface area contributed by atoms with Crippen LogP contribution < -0.4 is 5.32 Å². The lowest BCUT2D eigenvalue weighted by atomic mass is 9.95. The molecule has 150 valence electrons. The van der Waals surface area contributed by atoms with E-state index in [2.05, 4.69) is 30.2 Å². The van der Waals surface area contributed by atoms with Crippen LogP contribution in [0.25, 0.3) is 16.7 Å². The molecule has 0 spiro atoms. The molecule has 0 unspecified atom stereocenters. The van der Waals surface area contributed by atoms with Crippen molar-refractivity contribution in [2.75, 3.05) is 20.3 Å². The van der Waals surface area contributed by atoms with Gasteiger partial charge in [0.25, 0.3) is 5.91 Å². The molecule has 4 rings (SSSR count). The van der Waals surface area contributed by atoms with Gasteiger partial charge in [-0.05, 0) is 18.9 Å². The number of aromatic amines is 1. The summed E-state index contributed by atoms with van der Waals surface area (Å²) in [5.41, 5.74) is 1.05. The summed E-state index contributed by atoms with van der Waals surface area (Å²) < 4.78 is 6.22. The van der Waals surface area contributed by atoms with Gasteiger partial charge in [-0.15, -0.1) is 0 Å². The van der Waals surface area contributed by atoms with Crippen LogP contribution in [-0.2, 0) is 4.74 Å². The Morgan fingerprint density at radius 1 is 1.39 bits per heavy atom. The van der Waals surface area contributed by atoms with Gasteiger partial charge < -0.3 is 15.2 Å². The summed E-state index contributed by atoms with van der Waals surface area (Å²) >= 11 is 0. The molecule has 1 saturated carbocycles. The van der Waals surface area contributed by atoms with E-state index in [1.165, 1.54) is 19.3 Å². The number of nitrogens with one attached hydrogen (secondary N) is 2. The number of nitrogens with zero attached hydrogens (tertiary/aromatic N) is 4. The molecule has 0 atom stereocenters. The molecule has 28 heavy (non-hydrogen) atoms. The second kappa shape index (κ2) is 9.95. The van der Waals surface area contributed by atoms with Gasteiger partial charge in [-0.3, -0.25) is 14.5 Å². The Bertz CT molecular complexity index is 869. The fourth-order valence-corrected chi connectivity index (χ4v) is 3.22. The average molecular weight is 386 g/mol. The second-order valence-corrected chi connectivity index (χ2v) is 6.66. The highest BCUT2D eigenvalue weighted by molar-refractivity contribution is 6.04. The Hall–Kier alpha value is -2.78. The first kappa shape index (κ1) is 20.0. The predicted octanol–water partition coefficient (Wildman–Crippen LogP) is 1.83. The number of amides is 1. The first-order valence-electron chi connectivity index (χ1n) is 9.46. The van der Waals surface area contributed by atoms with E-state index in [1.54, 1.807) is 36.6 Å². The molecule has 3 aromatic heterocycles. The van der Waals surface area contributed by atoms with Crippen LogP contribution in [0.1, 0.15) is 42.6 Å². The number of carbonyl (C=O) groups is 1. The van der Waals surface area contributed by atoms with Crippen LogP contribution in [0.15, 0.2) is 31.0 Å². The van der Waals surface area contributed by atoms with Crippen LogP contribution in [-0.4, -0.2) is 62.1 Å². The van der Waals surface area contributed by atoms with Gasteiger partial charge in [0.15, 0.2) is 5.69 Å². The van der Waals surface area contributed by atoms with E-state index in [0.29, 0.717) is 23.6 Å². The molecule has 1 aliphatic carbocycles. The molecular formula is C19H26N6O3. The lowest BCUT2D eigenvalue weighted by molar-refractivity contribution is 0.0924. The van der Waals surface area contributed by atoms with E-state index in [-0.39, 0.29) is 18.6 Å². The molecule has 1 aliphatic rings. The van der Waals surface area contributed by atoms with Crippen molar-refractivity contribution >= 4 is 16.8 Å². The standard InChI is InChI=1S/C16H18N6O.C3H8O2/c23-16(19-12-4-2-1-3-5-12)15-14-11(9-18-21-14)8-13(20-15)22-7-6-17-10-22;1-5-3-2-4/h6-10,12H,1-5H2,(H,18,21)(H,19,23);4H,2-3H2,1H3. The molecule has 1 fully saturated rings. The molecule has 3 N–H and O–H groups in total. The van der Waals surface area contributed by atoms with Crippen LogP contribution in [0.2, 0.25) is 0 Å². The third-order valence-corrected chi connectivity index (χ3v) is 4.64. The van der Waals surface area contributed by atoms with Gasteiger partial charge in [0.05, 0.1) is 24.9 Å². The van der Waals surface area contributed by atoms with Crippen LogP contribution in [0.4, 0.5) is 0 Å². The normalized spacial score (nSPS) is 14.5. The fourth-order valence-electron chi connectivity index (χ4n) is 3.22. The number of hydrogen-bond donors (Lipinski definition) is 3. The van der Waals surface area contributed by atoms with Crippen molar-refractivity contribution in [1.29, 1.82) is 0 Å².